The third-order valence-electron chi connectivity index (χ3n) is 1.71. The van der Waals surface area contributed by atoms with Crippen LogP contribution in [0.25, 0.3) is 0 Å². The number of benzene rings is 1. The summed E-state index contributed by atoms with van der Waals surface area (Å²) in [5.74, 6) is -11.3. The number of rotatable bonds is 2. The van der Waals surface area contributed by atoms with Gasteiger partial charge in [0.05, 0.1) is 6.26 Å². The van der Waals surface area contributed by atoms with Crippen LogP contribution in [0.1, 0.15) is 5.56 Å². The van der Waals surface area contributed by atoms with Crippen molar-refractivity contribution in [1.29, 1.82) is 0 Å². The average molecular weight is 358 g/mol. The number of halogens is 7. The average Bonchev–Trinajstić information content (AvgIpc) is 2.28. The Hall–Kier alpha value is -1.62. The van der Waals surface area contributed by atoms with E-state index in [1.54, 1.807) is 0 Å². The van der Waals surface area contributed by atoms with Crippen LogP contribution >= 0.6 is 7.82 Å². The van der Waals surface area contributed by atoms with Gasteiger partial charge in [0.1, 0.15) is 5.56 Å². The first-order valence-corrected chi connectivity index (χ1v) is 6.27. The van der Waals surface area contributed by atoms with Crippen LogP contribution < -0.4 is 4.74 Å². The Balaban J connectivity index is 0.000000763. The summed E-state index contributed by atoms with van der Waals surface area (Å²) in [5.41, 5.74) is -2.65. The highest BCUT2D eigenvalue weighted by Gasteiger charge is 2.42. The van der Waals surface area contributed by atoms with Crippen molar-refractivity contribution in [2.24, 2.45) is 0 Å². The van der Waals surface area contributed by atoms with Crippen LogP contribution in [0.5, 0.6) is 5.75 Å². The molecular formula is C9H6F7O5P. The second kappa shape index (κ2) is 7.09. The van der Waals surface area contributed by atoms with E-state index in [1.165, 1.54) is 0 Å². The minimum absolute atomic E-state index is 0.410. The highest BCUT2D eigenvalue weighted by molar-refractivity contribution is 7.45. The van der Waals surface area contributed by atoms with Gasteiger partial charge >= 0.3 is 14.0 Å². The molecule has 0 radical (unpaired) electrons. The fourth-order valence-electron chi connectivity index (χ4n) is 1.05. The molecule has 0 aliphatic rings. The first kappa shape index (κ1) is 20.4. The van der Waals surface area contributed by atoms with Gasteiger partial charge in [-0.1, -0.05) is 6.58 Å². The summed E-state index contributed by atoms with van der Waals surface area (Å²) >= 11 is 0. The molecule has 1 rings (SSSR count). The summed E-state index contributed by atoms with van der Waals surface area (Å²) < 4.78 is 101. The lowest BCUT2D eigenvalue weighted by molar-refractivity contribution is -0.143. The Morgan fingerprint density at radius 2 is 1.27 bits per heavy atom. The van der Waals surface area contributed by atoms with Gasteiger partial charge in [-0.05, 0) is 0 Å². The Morgan fingerprint density at radius 3 is 1.50 bits per heavy atom. The standard InChI is InChI=1S/C9H3F7O.H3O4P/c1-2-17-8-6(12)4(10)3(9(14,15)16)5(11)7(8)13;1-5(2,3)4/h2H,1H2;(H3,1,2,3,4). The third-order valence-corrected chi connectivity index (χ3v) is 1.71. The molecule has 0 fully saturated rings. The van der Waals surface area contributed by atoms with Gasteiger partial charge in [0.25, 0.3) is 0 Å². The summed E-state index contributed by atoms with van der Waals surface area (Å²) in [6.45, 7) is 2.85. The maximum atomic E-state index is 13.0. The maximum Gasteiger partial charge on any atom is 0.466 e. The first-order chi connectivity index (χ1) is 9.71. The fraction of sp³-hybridized carbons (Fsp3) is 0.111. The number of hydrogen-bond acceptors (Lipinski definition) is 2. The van der Waals surface area contributed by atoms with Crippen molar-refractivity contribution in [2.45, 2.75) is 6.18 Å². The van der Waals surface area contributed by atoms with E-state index in [0.717, 1.165) is 0 Å². The Bertz CT molecular complexity index is 572. The van der Waals surface area contributed by atoms with Gasteiger partial charge in [-0.25, -0.2) is 13.3 Å². The van der Waals surface area contributed by atoms with Crippen molar-refractivity contribution in [3.05, 3.63) is 41.7 Å². The van der Waals surface area contributed by atoms with Gasteiger partial charge in [0, 0.05) is 0 Å². The predicted octanol–water partition coefficient (Wildman–Crippen LogP) is 2.86. The van der Waals surface area contributed by atoms with E-state index in [2.05, 4.69) is 11.3 Å². The monoisotopic (exact) mass is 358 g/mol. The first-order valence-electron chi connectivity index (χ1n) is 4.70. The van der Waals surface area contributed by atoms with E-state index >= 15 is 0 Å². The second-order valence-corrected chi connectivity index (χ2v) is 4.28. The number of phosphoric acid groups is 1. The Morgan fingerprint density at radius 1 is 0.955 bits per heavy atom. The molecule has 5 nitrogen and oxygen atoms in total. The smallest absolute Gasteiger partial charge is 0.459 e. The molecule has 1 aromatic carbocycles. The van der Waals surface area contributed by atoms with Crippen LogP contribution in [0.3, 0.4) is 0 Å². The fourth-order valence-corrected chi connectivity index (χ4v) is 1.05. The molecule has 0 aliphatic carbocycles. The van der Waals surface area contributed by atoms with E-state index in [9.17, 15) is 30.7 Å². The highest BCUT2D eigenvalue weighted by atomic mass is 31.2. The van der Waals surface area contributed by atoms with E-state index in [0.29, 0.717) is 6.26 Å². The molecule has 3 N–H and O–H groups in total. The van der Waals surface area contributed by atoms with E-state index in [4.69, 9.17) is 19.2 Å². The molecule has 0 aliphatic heterocycles. The third kappa shape index (κ3) is 5.64. The molecule has 22 heavy (non-hydrogen) atoms. The summed E-state index contributed by atoms with van der Waals surface area (Å²) in [5, 5.41) is 0. The molecule has 0 atom stereocenters. The van der Waals surface area contributed by atoms with Crippen LogP contribution in [0.15, 0.2) is 12.8 Å². The molecule has 0 unspecified atom stereocenters. The van der Waals surface area contributed by atoms with Gasteiger partial charge in [-0.15, -0.1) is 0 Å². The van der Waals surface area contributed by atoms with Crippen LogP contribution in [0, 0.1) is 23.3 Å². The number of alkyl halides is 3. The minimum atomic E-state index is -5.57. The SMILES string of the molecule is C=COc1c(F)c(F)c(C(F)(F)F)c(F)c1F.O=P(O)(O)O. The largest absolute Gasteiger partial charge is 0.466 e. The van der Waals surface area contributed by atoms with Gasteiger partial charge < -0.3 is 19.4 Å². The van der Waals surface area contributed by atoms with Crippen molar-refractivity contribution in [3.8, 4) is 5.75 Å². The molecule has 0 heterocycles. The van der Waals surface area contributed by atoms with E-state index in [1.807, 2.05) is 0 Å². The molecule has 0 saturated carbocycles. The lowest BCUT2D eigenvalue weighted by Crippen LogP contribution is -2.15. The number of ether oxygens (including phenoxy) is 1. The molecule has 0 amide bonds. The molecule has 1 aromatic rings. The van der Waals surface area contributed by atoms with Crippen molar-refractivity contribution in [1.82, 2.24) is 0 Å². The highest BCUT2D eigenvalue weighted by Crippen LogP contribution is 2.39. The zero-order chi connectivity index (χ0) is 17.9. The van der Waals surface area contributed by atoms with Crippen LogP contribution in [-0.2, 0) is 10.7 Å². The van der Waals surface area contributed by atoms with E-state index in [-0.39, 0.29) is 0 Å². The molecule has 0 bridgehead atoms. The molecule has 13 heteroatoms. The molecule has 126 valence electrons. The topological polar surface area (TPSA) is 87.0 Å². The van der Waals surface area contributed by atoms with Gasteiger partial charge in [0.2, 0.25) is 17.4 Å². The summed E-state index contributed by atoms with van der Waals surface area (Å²) in [4.78, 5) is 21.6. The summed E-state index contributed by atoms with van der Waals surface area (Å²) in [6.07, 6.45) is -5.16. The van der Waals surface area contributed by atoms with Gasteiger partial charge in [0.15, 0.2) is 11.6 Å². The zero-order valence-electron chi connectivity index (χ0n) is 10.0. The normalized spacial score (nSPS) is 11.5. The zero-order valence-corrected chi connectivity index (χ0v) is 10.9. The van der Waals surface area contributed by atoms with E-state index < -0.39 is 48.6 Å². The van der Waals surface area contributed by atoms with Crippen LogP contribution in [0.4, 0.5) is 30.7 Å². The Labute approximate surface area is 117 Å². The van der Waals surface area contributed by atoms with Gasteiger partial charge in [-0.3, -0.25) is 0 Å². The van der Waals surface area contributed by atoms with Crippen molar-refractivity contribution < 1.29 is 54.7 Å². The van der Waals surface area contributed by atoms with Crippen LogP contribution in [0.2, 0.25) is 0 Å². The number of hydrogen-bond donors (Lipinski definition) is 3. The second-order valence-electron chi connectivity index (χ2n) is 3.26. The van der Waals surface area contributed by atoms with Crippen molar-refractivity contribution >= 4 is 7.82 Å². The van der Waals surface area contributed by atoms with Crippen molar-refractivity contribution in [3.63, 3.8) is 0 Å². The maximum absolute atomic E-state index is 13.0. The summed E-state index contributed by atoms with van der Waals surface area (Å²) in [7, 11) is -4.64. The quantitative estimate of drug-likeness (QED) is 0.328. The molecule has 0 saturated heterocycles. The van der Waals surface area contributed by atoms with Crippen LogP contribution in [-0.4, -0.2) is 14.7 Å². The minimum Gasteiger partial charge on any atom is -0.459 e. The molecular weight excluding hydrogens is 352 g/mol. The van der Waals surface area contributed by atoms with Crippen molar-refractivity contribution in [2.75, 3.05) is 0 Å². The van der Waals surface area contributed by atoms with Gasteiger partial charge in [-0.2, -0.15) is 22.0 Å². The molecule has 0 aromatic heterocycles. The lowest BCUT2D eigenvalue weighted by atomic mass is 10.1. The molecule has 0 spiro atoms. The predicted molar refractivity (Wildman–Crippen MR) is 56.4 cm³/mol. The summed E-state index contributed by atoms with van der Waals surface area (Å²) in [6, 6.07) is 0. The Kier molecular flexibility index (Phi) is 6.57. The lowest BCUT2D eigenvalue weighted by Gasteiger charge is -2.12.